The van der Waals surface area contributed by atoms with Crippen molar-refractivity contribution in [2.24, 2.45) is 0 Å². The SMILES string of the molecule is CC(C)Oc1ccc(-c2nc(C3=CCCC4=C3CCC4NS(=O)(=O)c3ccc(C(=O)O)cc3)no2)cc1C#N. The Bertz CT molecular complexity index is 1650. The number of carboxylic acids is 1. The van der Waals surface area contributed by atoms with Crippen LogP contribution in [0.3, 0.4) is 0 Å². The Labute approximate surface area is 225 Å². The highest BCUT2D eigenvalue weighted by Gasteiger charge is 2.34. The molecule has 0 aliphatic heterocycles. The number of nitriles is 1. The number of nitrogens with zero attached hydrogens (tertiary/aromatic N) is 3. The molecule has 1 heterocycles. The number of benzene rings is 2. The molecule has 0 saturated carbocycles. The first-order valence-corrected chi connectivity index (χ1v) is 14.0. The van der Waals surface area contributed by atoms with Gasteiger partial charge < -0.3 is 14.4 Å². The van der Waals surface area contributed by atoms with Crippen molar-refractivity contribution in [1.82, 2.24) is 14.9 Å². The van der Waals surface area contributed by atoms with Crippen LogP contribution in [0.15, 0.2) is 69.1 Å². The van der Waals surface area contributed by atoms with Crippen molar-refractivity contribution in [3.63, 3.8) is 0 Å². The van der Waals surface area contributed by atoms with E-state index in [1.165, 1.54) is 24.3 Å². The van der Waals surface area contributed by atoms with Gasteiger partial charge in [-0.3, -0.25) is 0 Å². The number of allylic oxidation sites excluding steroid dienone is 3. The maximum absolute atomic E-state index is 13.0. The molecular weight excluding hydrogens is 520 g/mol. The molecule has 2 aliphatic rings. The minimum atomic E-state index is -3.85. The first kappa shape index (κ1) is 26.3. The van der Waals surface area contributed by atoms with Gasteiger partial charge in [0.05, 0.1) is 22.1 Å². The zero-order chi connectivity index (χ0) is 27.7. The Hall–Kier alpha value is -4.27. The molecule has 11 heteroatoms. The topological polar surface area (TPSA) is 155 Å². The van der Waals surface area contributed by atoms with Gasteiger partial charge >= 0.3 is 5.97 Å². The first-order chi connectivity index (χ1) is 18.7. The van der Waals surface area contributed by atoms with Crippen LogP contribution in [0.25, 0.3) is 17.0 Å². The number of hydrogen-bond donors (Lipinski definition) is 2. The summed E-state index contributed by atoms with van der Waals surface area (Å²) in [6.07, 6.45) is 4.60. The van der Waals surface area contributed by atoms with E-state index < -0.39 is 16.0 Å². The number of ether oxygens (including phenoxy) is 1. The van der Waals surface area contributed by atoms with Gasteiger partial charge in [-0.15, -0.1) is 0 Å². The van der Waals surface area contributed by atoms with Crippen LogP contribution < -0.4 is 9.46 Å². The Morgan fingerprint density at radius 3 is 2.67 bits per heavy atom. The molecular formula is C28H26N4O6S. The highest BCUT2D eigenvalue weighted by Crippen LogP contribution is 2.42. The minimum Gasteiger partial charge on any atom is -0.490 e. The van der Waals surface area contributed by atoms with Gasteiger partial charge in [-0.25, -0.2) is 17.9 Å². The van der Waals surface area contributed by atoms with E-state index >= 15 is 0 Å². The third kappa shape index (κ3) is 5.34. The lowest BCUT2D eigenvalue weighted by Gasteiger charge is -2.20. The highest BCUT2D eigenvalue weighted by molar-refractivity contribution is 7.89. The summed E-state index contributed by atoms with van der Waals surface area (Å²) in [6, 6.07) is 12.0. The summed E-state index contributed by atoms with van der Waals surface area (Å²) >= 11 is 0. The molecule has 0 spiro atoms. The molecule has 3 aromatic rings. The van der Waals surface area contributed by atoms with Crippen LogP contribution in [-0.2, 0) is 10.0 Å². The van der Waals surface area contributed by atoms with E-state index in [-0.39, 0.29) is 28.5 Å². The number of carboxylic acid groups (broad SMARTS) is 1. The molecule has 1 atom stereocenters. The largest absolute Gasteiger partial charge is 0.490 e. The predicted octanol–water partition coefficient (Wildman–Crippen LogP) is 4.71. The number of hydrogen-bond acceptors (Lipinski definition) is 8. The summed E-state index contributed by atoms with van der Waals surface area (Å²) in [7, 11) is -3.85. The van der Waals surface area contributed by atoms with Crippen molar-refractivity contribution in [2.45, 2.75) is 56.6 Å². The summed E-state index contributed by atoms with van der Waals surface area (Å²) in [5.41, 5.74) is 3.79. The fourth-order valence-corrected chi connectivity index (χ4v) is 6.17. The van der Waals surface area contributed by atoms with Crippen molar-refractivity contribution in [3.8, 4) is 23.3 Å². The standard InChI is InChI=1S/C28H26N4O6S/c1-16(2)37-25-13-8-18(14-19(25)15-29)27-30-26(31-38-27)23-5-3-4-22-21(23)11-12-24(22)32-39(35,36)20-9-6-17(7-10-20)28(33)34/h5-10,13-14,16,24,32H,3-4,11-12H2,1-2H3,(H,33,34). The van der Waals surface area contributed by atoms with Crippen molar-refractivity contribution in [1.29, 1.82) is 5.26 Å². The lowest BCUT2D eigenvalue weighted by Crippen LogP contribution is -2.34. The molecule has 1 aromatic heterocycles. The molecule has 5 rings (SSSR count). The molecule has 0 radical (unpaired) electrons. The van der Waals surface area contributed by atoms with Crippen molar-refractivity contribution in [3.05, 3.63) is 76.6 Å². The molecule has 10 nitrogen and oxygen atoms in total. The minimum absolute atomic E-state index is 0.0116. The quantitative estimate of drug-likeness (QED) is 0.408. The van der Waals surface area contributed by atoms with Gasteiger partial charge in [0.1, 0.15) is 11.8 Å². The Kier molecular flexibility index (Phi) is 7.08. The predicted molar refractivity (Wildman–Crippen MR) is 141 cm³/mol. The zero-order valence-electron chi connectivity index (χ0n) is 21.3. The van der Waals surface area contributed by atoms with E-state index in [1.807, 2.05) is 19.9 Å². The van der Waals surface area contributed by atoms with Gasteiger partial charge in [0, 0.05) is 17.2 Å². The van der Waals surface area contributed by atoms with Gasteiger partial charge in [-0.1, -0.05) is 11.2 Å². The van der Waals surface area contributed by atoms with Gasteiger partial charge in [0.2, 0.25) is 15.8 Å². The Morgan fingerprint density at radius 2 is 1.97 bits per heavy atom. The average molecular weight is 547 g/mol. The van der Waals surface area contributed by atoms with Crippen LogP contribution in [0.5, 0.6) is 5.75 Å². The highest BCUT2D eigenvalue weighted by atomic mass is 32.2. The van der Waals surface area contributed by atoms with Gasteiger partial charge in [-0.2, -0.15) is 10.2 Å². The summed E-state index contributed by atoms with van der Waals surface area (Å²) in [6.45, 7) is 3.77. The van der Waals surface area contributed by atoms with Crippen molar-refractivity contribution < 1.29 is 27.6 Å². The normalized spacial score (nSPS) is 17.1. The van der Waals surface area contributed by atoms with Gasteiger partial charge in [0.15, 0.2) is 0 Å². The summed E-state index contributed by atoms with van der Waals surface area (Å²) in [4.78, 5) is 15.7. The summed E-state index contributed by atoms with van der Waals surface area (Å²) in [5.74, 6) is 0.0432. The van der Waals surface area contributed by atoms with E-state index in [9.17, 15) is 18.5 Å². The van der Waals surface area contributed by atoms with E-state index in [2.05, 4.69) is 20.9 Å². The Balaban J connectivity index is 1.37. The molecule has 0 bridgehead atoms. The molecule has 2 aromatic carbocycles. The maximum atomic E-state index is 13.0. The summed E-state index contributed by atoms with van der Waals surface area (Å²) in [5, 5.41) is 22.8. The lowest BCUT2D eigenvalue weighted by molar-refractivity contribution is 0.0696. The van der Waals surface area contributed by atoms with Gasteiger partial charge in [-0.05, 0) is 93.1 Å². The van der Waals surface area contributed by atoms with Crippen LogP contribution in [-0.4, -0.2) is 41.8 Å². The van der Waals surface area contributed by atoms with E-state index in [1.54, 1.807) is 18.2 Å². The summed E-state index contributed by atoms with van der Waals surface area (Å²) < 4.78 is 40.1. The second-order valence-electron chi connectivity index (χ2n) is 9.61. The number of rotatable bonds is 8. The average Bonchev–Trinajstić information content (AvgIpc) is 3.56. The van der Waals surface area contributed by atoms with Crippen molar-refractivity contribution >= 4 is 21.6 Å². The molecule has 2 N–H and O–H groups in total. The van der Waals surface area contributed by atoms with E-state index in [0.29, 0.717) is 48.4 Å². The number of aromatic carboxylic acids is 1. The van der Waals surface area contributed by atoms with Crippen LogP contribution in [0.2, 0.25) is 0 Å². The Morgan fingerprint density at radius 1 is 1.21 bits per heavy atom. The molecule has 1 unspecified atom stereocenters. The molecule has 0 saturated heterocycles. The zero-order valence-corrected chi connectivity index (χ0v) is 22.2. The number of sulfonamides is 1. The third-order valence-corrected chi connectivity index (χ3v) is 8.15. The maximum Gasteiger partial charge on any atom is 0.335 e. The van der Waals surface area contributed by atoms with Crippen LogP contribution in [0.4, 0.5) is 0 Å². The van der Waals surface area contributed by atoms with Gasteiger partial charge in [0.25, 0.3) is 5.89 Å². The number of carbonyl (C=O) groups is 1. The van der Waals surface area contributed by atoms with Crippen LogP contribution in [0.1, 0.15) is 61.3 Å². The fourth-order valence-electron chi connectivity index (χ4n) is 4.91. The number of aromatic nitrogens is 2. The lowest BCUT2D eigenvalue weighted by atomic mass is 9.91. The second kappa shape index (κ2) is 10.5. The number of nitrogens with one attached hydrogen (secondary N) is 1. The molecule has 0 fully saturated rings. The van der Waals surface area contributed by atoms with Crippen LogP contribution >= 0.6 is 0 Å². The fraction of sp³-hybridized carbons (Fsp3) is 0.286. The van der Waals surface area contributed by atoms with Crippen molar-refractivity contribution in [2.75, 3.05) is 0 Å². The molecule has 0 amide bonds. The second-order valence-corrected chi connectivity index (χ2v) is 11.3. The third-order valence-electron chi connectivity index (χ3n) is 6.66. The monoisotopic (exact) mass is 546 g/mol. The molecule has 200 valence electrons. The molecule has 2 aliphatic carbocycles. The first-order valence-electron chi connectivity index (χ1n) is 12.5. The molecule has 39 heavy (non-hydrogen) atoms. The van der Waals surface area contributed by atoms with Crippen LogP contribution in [0, 0.1) is 11.3 Å². The smallest absolute Gasteiger partial charge is 0.335 e. The van der Waals surface area contributed by atoms with E-state index in [4.69, 9.17) is 14.4 Å². The van der Waals surface area contributed by atoms with E-state index in [0.717, 1.165) is 16.7 Å².